The minimum absolute atomic E-state index is 0.381. The van der Waals surface area contributed by atoms with Gasteiger partial charge in [-0.25, -0.2) is 0 Å². The van der Waals surface area contributed by atoms with Crippen LogP contribution in [0.2, 0.25) is 0 Å². The van der Waals surface area contributed by atoms with Crippen LogP contribution in [0.25, 0.3) is 11.4 Å². The van der Waals surface area contributed by atoms with Crippen molar-refractivity contribution in [3.63, 3.8) is 0 Å². The Morgan fingerprint density at radius 3 is 1.70 bits per heavy atom. The molecule has 2 heterocycles. The van der Waals surface area contributed by atoms with E-state index in [1.807, 2.05) is 18.2 Å². The molecule has 1 saturated heterocycles. The molecule has 6 heteroatoms. The number of aromatic nitrogens is 4. The van der Waals surface area contributed by atoms with Crippen LogP contribution in [-0.4, -0.2) is 39.2 Å². The fraction of sp³-hybridized carbons (Fsp3) is 0.265. The first-order chi connectivity index (χ1) is 19.8. The molecule has 6 nitrogen and oxygen atoms in total. The summed E-state index contributed by atoms with van der Waals surface area (Å²) in [6.07, 6.45) is 3.83. The van der Waals surface area contributed by atoms with Gasteiger partial charge in [0.1, 0.15) is 0 Å². The van der Waals surface area contributed by atoms with Gasteiger partial charge in [0.15, 0.2) is 11.3 Å². The lowest BCUT2D eigenvalue weighted by atomic mass is 9.77. The quantitative estimate of drug-likeness (QED) is 0.233. The van der Waals surface area contributed by atoms with Gasteiger partial charge in [-0.3, -0.25) is 0 Å². The average molecular weight is 529 g/mol. The zero-order chi connectivity index (χ0) is 26.8. The highest BCUT2D eigenvalue weighted by molar-refractivity contribution is 5.61. The first-order valence-electron chi connectivity index (χ1n) is 14.1. The molecule has 1 saturated carbocycles. The Hall–Kier alpha value is -4.13. The average Bonchev–Trinajstić information content (AvgIpc) is 3.71. The Morgan fingerprint density at radius 2 is 1.15 bits per heavy atom. The van der Waals surface area contributed by atoms with E-state index in [-0.39, 0.29) is 5.79 Å². The molecule has 1 spiro atoms. The highest BCUT2D eigenvalue weighted by Gasteiger charge is 2.43. The van der Waals surface area contributed by atoms with Crippen molar-refractivity contribution in [2.75, 3.05) is 13.2 Å². The number of rotatable bonds is 6. The van der Waals surface area contributed by atoms with Crippen LogP contribution in [0.5, 0.6) is 0 Å². The molecule has 2 aliphatic rings. The van der Waals surface area contributed by atoms with Crippen molar-refractivity contribution in [2.24, 2.45) is 0 Å². The number of hydrogen-bond donors (Lipinski definition) is 0. The molecule has 0 bridgehead atoms. The maximum absolute atomic E-state index is 5.99. The molecule has 2 fully saturated rings. The van der Waals surface area contributed by atoms with Crippen LogP contribution in [0.4, 0.5) is 0 Å². The van der Waals surface area contributed by atoms with Crippen molar-refractivity contribution in [1.29, 1.82) is 0 Å². The van der Waals surface area contributed by atoms with Crippen LogP contribution in [0, 0.1) is 0 Å². The third-order valence-electron chi connectivity index (χ3n) is 8.49. The van der Waals surface area contributed by atoms with Crippen LogP contribution in [0.15, 0.2) is 115 Å². The fourth-order valence-corrected chi connectivity index (χ4v) is 6.56. The number of benzene rings is 4. The van der Waals surface area contributed by atoms with Gasteiger partial charge >= 0.3 is 0 Å². The van der Waals surface area contributed by atoms with Gasteiger partial charge in [0.2, 0.25) is 5.82 Å². The molecule has 4 aromatic carbocycles. The minimum Gasteiger partial charge on any atom is -0.348 e. The molecule has 40 heavy (non-hydrogen) atoms. The van der Waals surface area contributed by atoms with E-state index in [0.717, 1.165) is 47.9 Å². The Balaban J connectivity index is 1.34. The maximum Gasteiger partial charge on any atom is 0.205 e. The smallest absolute Gasteiger partial charge is 0.205 e. The van der Waals surface area contributed by atoms with Gasteiger partial charge in [0.05, 0.1) is 13.2 Å². The molecule has 5 aromatic rings. The van der Waals surface area contributed by atoms with Gasteiger partial charge < -0.3 is 9.47 Å². The van der Waals surface area contributed by atoms with Gasteiger partial charge in [-0.05, 0) is 46.2 Å². The summed E-state index contributed by atoms with van der Waals surface area (Å²) in [6, 6.07) is 39.9. The SMILES string of the molecule is c1ccc(C(c2ccccc2)(c2ccccc2)n2nnc(-c3ccccc3C3CCC4(CC3)OCCO4)n2)cc1. The summed E-state index contributed by atoms with van der Waals surface area (Å²) in [6.45, 7) is 1.39. The lowest BCUT2D eigenvalue weighted by Crippen LogP contribution is -2.39. The van der Waals surface area contributed by atoms with E-state index in [1.165, 1.54) is 5.56 Å². The molecule has 7 rings (SSSR count). The van der Waals surface area contributed by atoms with E-state index >= 15 is 0 Å². The van der Waals surface area contributed by atoms with E-state index < -0.39 is 5.54 Å². The van der Waals surface area contributed by atoms with Crippen LogP contribution in [0.1, 0.15) is 53.9 Å². The summed E-state index contributed by atoms with van der Waals surface area (Å²) in [5.41, 5.74) is 4.71. The molecule has 0 radical (unpaired) electrons. The van der Waals surface area contributed by atoms with Gasteiger partial charge in [-0.15, -0.1) is 15.0 Å². The van der Waals surface area contributed by atoms with E-state index in [4.69, 9.17) is 24.9 Å². The maximum atomic E-state index is 5.99. The third kappa shape index (κ3) is 4.24. The van der Waals surface area contributed by atoms with E-state index in [0.29, 0.717) is 25.0 Å². The summed E-state index contributed by atoms with van der Waals surface area (Å²) in [7, 11) is 0. The van der Waals surface area contributed by atoms with Crippen LogP contribution >= 0.6 is 0 Å². The zero-order valence-electron chi connectivity index (χ0n) is 22.4. The lowest BCUT2D eigenvalue weighted by Gasteiger charge is -2.36. The van der Waals surface area contributed by atoms with E-state index in [2.05, 4.69) is 97.1 Å². The third-order valence-corrected chi connectivity index (χ3v) is 8.49. The van der Waals surface area contributed by atoms with Crippen LogP contribution in [-0.2, 0) is 15.0 Å². The number of tetrazole rings is 1. The molecular weight excluding hydrogens is 496 g/mol. The molecule has 1 aliphatic carbocycles. The van der Waals surface area contributed by atoms with Crippen LogP contribution in [0.3, 0.4) is 0 Å². The molecule has 0 N–H and O–H groups in total. The molecule has 1 aromatic heterocycles. The minimum atomic E-state index is -0.793. The van der Waals surface area contributed by atoms with Gasteiger partial charge in [0, 0.05) is 18.4 Å². The fourth-order valence-electron chi connectivity index (χ4n) is 6.56. The second kappa shape index (κ2) is 10.5. The van der Waals surface area contributed by atoms with Crippen molar-refractivity contribution >= 4 is 0 Å². The monoisotopic (exact) mass is 528 g/mol. The Morgan fingerprint density at radius 1 is 0.650 bits per heavy atom. The van der Waals surface area contributed by atoms with Crippen molar-refractivity contribution in [3.8, 4) is 11.4 Å². The molecule has 0 unspecified atom stereocenters. The molecule has 200 valence electrons. The lowest BCUT2D eigenvalue weighted by molar-refractivity contribution is -0.178. The number of nitrogens with zero attached hydrogens (tertiary/aromatic N) is 4. The zero-order valence-corrected chi connectivity index (χ0v) is 22.4. The number of ether oxygens (including phenoxy) is 2. The predicted molar refractivity (Wildman–Crippen MR) is 154 cm³/mol. The van der Waals surface area contributed by atoms with Gasteiger partial charge in [-0.1, -0.05) is 115 Å². The summed E-state index contributed by atoms with van der Waals surface area (Å²) in [4.78, 5) is 1.80. The first kappa shape index (κ1) is 24.9. The molecule has 0 atom stereocenters. The van der Waals surface area contributed by atoms with E-state index in [1.54, 1.807) is 4.80 Å². The van der Waals surface area contributed by atoms with Crippen molar-refractivity contribution in [3.05, 3.63) is 138 Å². The number of hydrogen-bond acceptors (Lipinski definition) is 5. The van der Waals surface area contributed by atoms with Crippen molar-refractivity contribution in [2.45, 2.75) is 42.9 Å². The Kier molecular flexibility index (Phi) is 6.50. The normalized spacial score (nSPS) is 17.3. The molecule has 0 amide bonds. The first-order valence-corrected chi connectivity index (χ1v) is 14.1. The summed E-state index contributed by atoms with van der Waals surface area (Å²) < 4.78 is 12.0. The largest absolute Gasteiger partial charge is 0.348 e. The summed E-state index contributed by atoms with van der Waals surface area (Å²) in [5, 5.41) is 14.6. The highest BCUT2D eigenvalue weighted by atomic mass is 16.7. The van der Waals surface area contributed by atoms with Gasteiger partial charge in [-0.2, -0.15) is 0 Å². The Labute approximate surface area is 234 Å². The standard InChI is InChI=1S/C34H32N4O2/c1-4-12-27(13-5-1)34(28-14-6-2-7-15-28,29-16-8-3-9-17-29)38-36-32(35-37-38)31-19-11-10-18-30(31)26-20-22-33(23-21-26)39-24-25-40-33/h1-19,26H,20-25H2. The summed E-state index contributed by atoms with van der Waals surface area (Å²) >= 11 is 0. The summed E-state index contributed by atoms with van der Waals surface area (Å²) in [5.74, 6) is 0.646. The topological polar surface area (TPSA) is 62.1 Å². The van der Waals surface area contributed by atoms with Crippen molar-refractivity contribution < 1.29 is 9.47 Å². The second-order valence-electron chi connectivity index (χ2n) is 10.7. The van der Waals surface area contributed by atoms with Crippen LogP contribution < -0.4 is 0 Å². The molecule has 1 aliphatic heterocycles. The molecular formula is C34H32N4O2. The second-order valence-corrected chi connectivity index (χ2v) is 10.7. The van der Waals surface area contributed by atoms with E-state index in [9.17, 15) is 0 Å². The highest BCUT2D eigenvalue weighted by Crippen LogP contribution is 2.45. The predicted octanol–water partition coefficient (Wildman–Crippen LogP) is 6.58. The Bertz CT molecular complexity index is 1460. The van der Waals surface area contributed by atoms with Gasteiger partial charge in [0.25, 0.3) is 0 Å². The van der Waals surface area contributed by atoms with Crippen molar-refractivity contribution in [1.82, 2.24) is 20.2 Å².